The lowest BCUT2D eigenvalue weighted by Gasteiger charge is -2.15. The summed E-state index contributed by atoms with van der Waals surface area (Å²) in [6.45, 7) is 3.49. The largest absolute Gasteiger partial charge is 0.497 e. The van der Waals surface area contributed by atoms with Crippen molar-refractivity contribution in [3.05, 3.63) is 29.8 Å². The van der Waals surface area contributed by atoms with Gasteiger partial charge in [-0.25, -0.2) is 0 Å². The summed E-state index contributed by atoms with van der Waals surface area (Å²) < 4.78 is 5.19. The van der Waals surface area contributed by atoms with Crippen LogP contribution in [0.15, 0.2) is 24.3 Å². The molecule has 118 valence electrons. The smallest absolute Gasteiger partial charge is 0.118 e. The van der Waals surface area contributed by atoms with E-state index in [9.17, 15) is 0 Å². The average Bonchev–Trinajstić information content (AvgIpc) is 3.03. The van der Waals surface area contributed by atoms with Crippen LogP contribution in [-0.2, 0) is 6.42 Å². The van der Waals surface area contributed by atoms with Crippen molar-refractivity contribution in [2.24, 2.45) is 5.92 Å². The molecule has 1 atom stereocenters. The molecule has 0 spiro atoms. The third-order valence-electron chi connectivity index (χ3n) is 4.78. The highest BCUT2D eigenvalue weighted by molar-refractivity contribution is 5.27. The second-order valence-corrected chi connectivity index (χ2v) is 6.53. The molecule has 2 nitrogen and oxygen atoms in total. The normalized spacial score (nSPS) is 17.0. The molecule has 0 aliphatic heterocycles. The third-order valence-corrected chi connectivity index (χ3v) is 4.78. The Kier molecular flexibility index (Phi) is 7.08. The first-order valence-electron chi connectivity index (χ1n) is 8.64. The highest BCUT2D eigenvalue weighted by Gasteiger charge is 2.14. The van der Waals surface area contributed by atoms with E-state index in [0.717, 1.165) is 18.1 Å². The van der Waals surface area contributed by atoms with E-state index in [1.165, 1.54) is 57.1 Å². The Morgan fingerprint density at radius 3 is 2.57 bits per heavy atom. The molecule has 21 heavy (non-hydrogen) atoms. The molecule has 1 fully saturated rings. The Hall–Kier alpha value is -1.02. The molecule has 1 unspecified atom stereocenters. The van der Waals surface area contributed by atoms with Gasteiger partial charge in [0, 0.05) is 6.04 Å². The Labute approximate surface area is 130 Å². The van der Waals surface area contributed by atoms with E-state index in [0.29, 0.717) is 6.04 Å². The molecule has 1 N–H and O–H groups in total. The monoisotopic (exact) mass is 289 g/mol. The lowest BCUT2D eigenvalue weighted by molar-refractivity contribution is 0.414. The van der Waals surface area contributed by atoms with Crippen LogP contribution >= 0.6 is 0 Å². The number of hydrogen-bond donors (Lipinski definition) is 1. The van der Waals surface area contributed by atoms with Crippen LogP contribution in [0, 0.1) is 5.92 Å². The molecule has 0 amide bonds. The van der Waals surface area contributed by atoms with Crippen LogP contribution in [-0.4, -0.2) is 19.7 Å². The SMILES string of the molecule is COc1ccc(CCC(C)NCCCC2CCCC2)cc1. The minimum Gasteiger partial charge on any atom is -0.497 e. The molecule has 1 aliphatic carbocycles. The highest BCUT2D eigenvalue weighted by Crippen LogP contribution is 2.28. The summed E-state index contributed by atoms with van der Waals surface area (Å²) in [5.41, 5.74) is 1.40. The Bertz CT molecular complexity index is 381. The van der Waals surface area contributed by atoms with Gasteiger partial charge in [0.1, 0.15) is 5.75 Å². The van der Waals surface area contributed by atoms with Gasteiger partial charge in [-0.15, -0.1) is 0 Å². The molecule has 0 aromatic heterocycles. The number of aryl methyl sites for hydroxylation is 1. The zero-order valence-corrected chi connectivity index (χ0v) is 13.7. The Morgan fingerprint density at radius 2 is 1.90 bits per heavy atom. The van der Waals surface area contributed by atoms with E-state index in [2.05, 4.69) is 36.5 Å². The molecule has 1 aromatic carbocycles. The fraction of sp³-hybridized carbons (Fsp3) is 0.684. The molecular formula is C19H31NO. The number of benzene rings is 1. The second kappa shape index (κ2) is 9.09. The fourth-order valence-corrected chi connectivity index (χ4v) is 3.32. The molecule has 1 aliphatic rings. The number of rotatable bonds is 9. The number of ether oxygens (including phenoxy) is 1. The maximum atomic E-state index is 5.19. The van der Waals surface area contributed by atoms with Gasteiger partial charge in [0.2, 0.25) is 0 Å². The van der Waals surface area contributed by atoms with Crippen molar-refractivity contribution in [2.75, 3.05) is 13.7 Å². The van der Waals surface area contributed by atoms with Gasteiger partial charge in [0.15, 0.2) is 0 Å². The first-order valence-corrected chi connectivity index (χ1v) is 8.64. The van der Waals surface area contributed by atoms with Gasteiger partial charge < -0.3 is 10.1 Å². The highest BCUT2D eigenvalue weighted by atomic mass is 16.5. The van der Waals surface area contributed by atoms with E-state index < -0.39 is 0 Å². The Morgan fingerprint density at radius 1 is 1.19 bits per heavy atom. The van der Waals surface area contributed by atoms with Gasteiger partial charge in [-0.1, -0.05) is 37.8 Å². The summed E-state index contributed by atoms with van der Waals surface area (Å²) >= 11 is 0. The van der Waals surface area contributed by atoms with Crippen LogP contribution < -0.4 is 10.1 Å². The van der Waals surface area contributed by atoms with Crippen LogP contribution in [0.2, 0.25) is 0 Å². The first kappa shape index (κ1) is 16.4. The minimum absolute atomic E-state index is 0.607. The summed E-state index contributed by atoms with van der Waals surface area (Å²) in [6.07, 6.45) is 11.0. The van der Waals surface area contributed by atoms with Crippen molar-refractivity contribution >= 4 is 0 Å². The maximum absolute atomic E-state index is 5.19. The predicted octanol–water partition coefficient (Wildman–Crippen LogP) is 4.58. The standard InChI is InChI=1S/C19H31NO/c1-16(20-15-5-8-17-6-3-4-7-17)9-10-18-11-13-19(21-2)14-12-18/h11-14,16-17,20H,3-10,15H2,1-2H3. The van der Waals surface area contributed by atoms with Gasteiger partial charge in [0.25, 0.3) is 0 Å². The average molecular weight is 289 g/mol. The van der Waals surface area contributed by atoms with E-state index in [1.807, 2.05) is 0 Å². The van der Waals surface area contributed by atoms with Crippen molar-refractivity contribution < 1.29 is 4.74 Å². The number of hydrogen-bond acceptors (Lipinski definition) is 2. The van der Waals surface area contributed by atoms with E-state index in [1.54, 1.807) is 7.11 Å². The summed E-state index contributed by atoms with van der Waals surface area (Å²) in [4.78, 5) is 0. The number of nitrogens with one attached hydrogen (secondary N) is 1. The molecule has 2 heteroatoms. The molecule has 0 bridgehead atoms. The minimum atomic E-state index is 0.607. The lowest BCUT2D eigenvalue weighted by atomic mass is 10.0. The van der Waals surface area contributed by atoms with E-state index >= 15 is 0 Å². The van der Waals surface area contributed by atoms with Gasteiger partial charge in [-0.3, -0.25) is 0 Å². The van der Waals surface area contributed by atoms with Crippen molar-refractivity contribution in [1.29, 1.82) is 0 Å². The third kappa shape index (κ3) is 6.09. The van der Waals surface area contributed by atoms with Gasteiger partial charge in [0.05, 0.1) is 7.11 Å². The van der Waals surface area contributed by atoms with Gasteiger partial charge in [-0.05, 0) is 62.8 Å². The quantitative estimate of drug-likeness (QED) is 0.672. The molecule has 1 saturated carbocycles. The topological polar surface area (TPSA) is 21.3 Å². The van der Waals surface area contributed by atoms with Gasteiger partial charge in [-0.2, -0.15) is 0 Å². The molecule has 0 radical (unpaired) electrons. The molecule has 0 heterocycles. The summed E-state index contributed by atoms with van der Waals surface area (Å²) in [6, 6.07) is 9.05. The molecular weight excluding hydrogens is 258 g/mol. The summed E-state index contributed by atoms with van der Waals surface area (Å²) in [5, 5.41) is 3.67. The lowest BCUT2D eigenvalue weighted by Crippen LogP contribution is -2.27. The van der Waals surface area contributed by atoms with Crippen molar-refractivity contribution in [1.82, 2.24) is 5.32 Å². The predicted molar refractivity (Wildman–Crippen MR) is 90.0 cm³/mol. The van der Waals surface area contributed by atoms with Crippen LogP contribution in [0.5, 0.6) is 5.75 Å². The zero-order valence-electron chi connectivity index (χ0n) is 13.7. The maximum Gasteiger partial charge on any atom is 0.118 e. The molecule has 1 aromatic rings. The van der Waals surface area contributed by atoms with E-state index in [-0.39, 0.29) is 0 Å². The number of methoxy groups -OCH3 is 1. The summed E-state index contributed by atoms with van der Waals surface area (Å²) in [7, 11) is 1.71. The second-order valence-electron chi connectivity index (χ2n) is 6.53. The van der Waals surface area contributed by atoms with Crippen LogP contribution in [0.4, 0.5) is 0 Å². The zero-order chi connectivity index (χ0) is 14.9. The molecule has 0 saturated heterocycles. The van der Waals surface area contributed by atoms with Crippen LogP contribution in [0.1, 0.15) is 57.4 Å². The van der Waals surface area contributed by atoms with Crippen molar-refractivity contribution in [3.63, 3.8) is 0 Å². The molecule has 2 rings (SSSR count). The summed E-state index contributed by atoms with van der Waals surface area (Å²) in [5.74, 6) is 1.97. The van der Waals surface area contributed by atoms with Crippen LogP contribution in [0.3, 0.4) is 0 Å². The van der Waals surface area contributed by atoms with Crippen molar-refractivity contribution in [2.45, 2.75) is 64.3 Å². The Balaban J connectivity index is 1.54. The van der Waals surface area contributed by atoms with Gasteiger partial charge >= 0.3 is 0 Å². The fourth-order valence-electron chi connectivity index (χ4n) is 3.32. The van der Waals surface area contributed by atoms with E-state index in [4.69, 9.17) is 4.74 Å². The van der Waals surface area contributed by atoms with Crippen LogP contribution in [0.25, 0.3) is 0 Å². The van der Waals surface area contributed by atoms with Crippen molar-refractivity contribution in [3.8, 4) is 5.75 Å². The first-order chi connectivity index (χ1) is 10.3.